The second kappa shape index (κ2) is 12.2. The molecule has 0 atom stereocenters. The fraction of sp³-hybridized carbons (Fsp3) is 0.273. The molecule has 0 fully saturated rings. The van der Waals surface area contributed by atoms with Crippen LogP contribution in [-0.2, 0) is 13.2 Å². The SMILES string of the molecule is CN(C)CCNCc1c(OCc2ccc(Cl)cc2)ccc2ccccc12.Cl.Cl. The molecular weight excluding hydrogens is 415 g/mol. The number of rotatable bonds is 8. The average Bonchev–Trinajstić information content (AvgIpc) is 2.65. The average molecular weight is 442 g/mol. The quantitative estimate of drug-likeness (QED) is 0.463. The van der Waals surface area contributed by atoms with Crippen molar-refractivity contribution in [3.05, 3.63) is 76.8 Å². The minimum atomic E-state index is 0. The van der Waals surface area contributed by atoms with E-state index in [1.165, 1.54) is 16.3 Å². The Labute approximate surface area is 184 Å². The van der Waals surface area contributed by atoms with Crippen molar-refractivity contribution >= 4 is 47.2 Å². The second-order valence-electron chi connectivity index (χ2n) is 6.66. The van der Waals surface area contributed by atoms with Crippen LogP contribution in [0.5, 0.6) is 5.75 Å². The van der Waals surface area contributed by atoms with E-state index in [-0.39, 0.29) is 24.8 Å². The van der Waals surface area contributed by atoms with Crippen LogP contribution in [0.2, 0.25) is 5.02 Å². The van der Waals surface area contributed by atoms with Crippen molar-refractivity contribution in [2.75, 3.05) is 27.2 Å². The summed E-state index contributed by atoms with van der Waals surface area (Å²) in [6, 6.07) is 20.4. The molecule has 3 aromatic rings. The molecule has 0 spiro atoms. The molecule has 3 aromatic carbocycles. The number of likely N-dealkylation sites (N-methyl/N-ethyl adjacent to an activating group) is 1. The van der Waals surface area contributed by atoms with Gasteiger partial charge >= 0.3 is 0 Å². The zero-order valence-electron chi connectivity index (χ0n) is 16.2. The zero-order chi connectivity index (χ0) is 18.4. The van der Waals surface area contributed by atoms with Gasteiger partial charge in [-0.05, 0) is 48.6 Å². The van der Waals surface area contributed by atoms with E-state index < -0.39 is 0 Å². The first kappa shape index (κ1) is 24.5. The number of ether oxygens (including phenoxy) is 1. The molecule has 0 aliphatic carbocycles. The van der Waals surface area contributed by atoms with Crippen LogP contribution in [-0.4, -0.2) is 32.1 Å². The zero-order valence-corrected chi connectivity index (χ0v) is 18.5. The maximum atomic E-state index is 6.16. The number of fused-ring (bicyclic) bond motifs is 1. The van der Waals surface area contributed by atoms with Crippen LogP contribution in [0.15, 0.2) is 60.7 Å². The molecule has 0 unspecified atom stereocenters. The molecule has 0 aliphatic heterocycles. The highest BCUT2D eigenvalue weighted by molar-refractivity contribution is 6.30. The lowest BCUT2D eigenvalue weighted by Crippen LogP contribution is -2.26. The Morgan fingerprint density at radius 3 is 2.36 bits per heavy atom. The summed E-state index contributed by atoms with van der Waals surface area (Å²) < 4.78 is 6.16. The van der Waals surface area contributed by atoms with Crippen molar-refractivity contribution in [2.24, 2.45) is 0 Å². The standard InChI is InChI=1S/C22H25ClN2O.2ClH/c1-25(2)14-13-24-15-21-20-6-4-3-5-18(20)9-12-22(21)26-16-17-7-10-19(23)11-8-17;;/h3-12,24H,13-16H2,1-2H3;2*1H. The highest BCUT2D eigenvalue weighted by Gasteiger charge is 2.09. The summed E-state index contributed by atoms with van der Waals surface area (Å²) >= 11 is 5.96. The third-order valence-electron chi connectivity index (χ3n) is 4.34. The van der Waals surface area contributed by atoms with Gasteiger partial charge < -0.3 is 15.0 Å². The molecule has 0 saturated carbocycles. The Hall–Kier alpha value is -1.49. The largest absolute Gasteiger partial charge is 0.489 e. The van der Waals surface area contributed by atoms with Crippen molar-refractivity contribution in [2.45, 2.75) is 13.2 Å². The van der Waals surface area contributed by atoms with Gasteiger partial charge in [0.15, 0.2) is 0 Å². The van der Waals surface area contributed by atoms with E-state index in [1.54, 1.807) is 0 Å². The molecule has 1 N–H and O–H groups in total. The molecule has 3 rings (SSSR count). The predicted octanol–water partition coefficient (Wildman–Crippen LogP) is 5.57. The van der Waals surface area contributed by atoms with Gasteiger partial charge in [0.2, 0.25) is 0 Å². The number of halogens is 3. The number of benzene rings is 3. The minimum absolute atomic E-state index is 0. The third kappa shape index (κ3) is 6.84. The van der Waals surface area contributed by atoms with Crippen LogP contribution in [0.3, 0.4) is 0 Å². The number of nitrogens with one attached hydrogen (secondary N) is 1. The first-order valence-electron chi connectivity index (χ1n) is 8.87. The molecule has 0 heterocycles. The number of hydrogen-bond donors (Lipinski definition) is 1. The summed E-state index contributed by atoms with van der Waals surface area (Å²) in [4.78, 5) is 2.17. The molecule has 0 radical (unpaired) electrons. The summed E-state index contributed by atoms with van der Waals surface area (Å²) in [5, 5.41) is 6.74. The van der Waals surface area contributed by atoms with Crippen LogP contribution in [0.1, 0.15) is 11.1 Å². The smallest absolute Gasteiger partial charge is 0.124 e. The third-order valence-corrected chi connectivity index (χ3v) is 4.59. The number of hydrogen-bond acceptors (Lipinski definition) is 3. The maximum Gasteiger partial charge on any atom is 0.124 e. The lowest BCUT2D eigenvalue weighted by atomic mass is 10.0. The van der Waals surface area contributed by atoms with Gasteiger partial charge in [-0.2, -0.15) is 0 Å². The molecule has 0 amide bonds. The molecule has 0 bridgehead atoms. The summed E-state index contributed by atoms with van der Waals surface area (Å²) in [6.07, 6.45) is 0. The highest BCUT2D eigenvalue weighted by Crippen LogP contribution is 2.29. The predicted molar refractivity (Wildman–Crippen MR) is 124 cm³/mol. The Morgan fingerprint density at radius 2 is 1.64 bits per heavy atom. The van der Waals surface area contributed by atoms with Crippen molar-refractivity contribution in [1.82, 2.24) is 10.2 Å². The van der Waals surface area contributed by atoms with Gasteiger partial charge in [0.25, 0.3) is 0 Å². The molecular formula is C22H27Cl3N2O. The van der Waals surface area contributed by atoms with Gasteiger partial charge in [-0.3, -0.25) is 0 Å². The maximum absolute atomic E-state index is 6.16. The normalized spacial score (nSPS) is 10.4. The fourth-order valence-corrected chi connectivity index (χ4v) is 3.02. The summed E-state index contributed by atoms with van der Waals surface area (Å²) in [5.74, 6) is 0.927. The Bertz CT molecular complexity index is 854. The van der Waals surface area contributed by atoms with Gasteiger partial charge in [-0.1, -0.05) is 54.1 Å². The van der Waals surface area contributed by atoms with Crippen molar-refractivity contribution in [3.63, 3.8) is 0 Å². The fourth-order valence-electron chi connectivity index (χ4n) is 2.89. The summed E-state index contributed by atoms with van der Waals surface area (Å²) in [6.45, 7) is 3.25. The summed E-state index contributed by atoms with van der Waals surface area (Å²) in [5.41, 5.74) is 2.31. The topological polar surface area (TPSA) is 24.5 Å². The van der Waals surface area contributed by atoms with Gasteiger partial charge in [-0.15, -0.1) is 24.8 Å². The summed E-state index contributed by atoms with van der Waals surface area (Å²) in [7, 11) is 4.17. The first-order chi connectivity index (χ1) is 12.6. The lowest BCUT2D eigenvalue weighted by molar-refractivity contribution is 0.302. The van der Waals surface area contributed by atoms with E-state index >= 15 is 0 Å². The highest BCUT2D eigenvalue weighted by atomic mass is 35.5. The second-order valence-corrected chi connectivity index (χ2v) is 7.10. The van der Waals surface area contributed by atoms with Gasteiger partial charge in [0.05, 0.1) is 0 Å². The van der Waals surface area contributed by atoms with Crippen molar-refractivity contribution in [1.29, 1.82) is 0 Å². The van der Waals surface area contributed by atoms with E-state index in [1.807, 2.05) is 24.3 Å². The van der Waals surface area contributed by atoms with E-state index in [9.17, 15) is 0 Å². The molecule has 28 heavy (non-hydrogen) atoms. The molecule has 152 valence electrons. The minimum Gasteiger partial charge on any atom is -0.489 e. The van der Waals surface area contributed by atoms with Crippen LogP contribution in [0, 0.1) is 0 Å². The monoisotopic (exact) mass is 440 g/mol. The van der Waals surface area contributed by atoms with Gasteiger partial charge in [0, 0.05) is 30.2 Å². The molecule has 0 aromatic heterocycles. The van der Waals surface area contributed by atoms with Gasteiger partial charge in [-0.25, -0.2) is 0 Å². The van der Waals surface area contributed by atoms with Crippen LogP contribution < -0.4 is 10.1 Å². The number of nitrogens with zero attached hydrogens (tertiary/aromatic N) is 1. The van der Waals surface area contributed by atoms with Crippen molar-refractivity contribution < 1.29 is 4.74 Å². The first-order valence-corrected chi connectivity index (χ1v) is 9.24. The lowest BCUT2D eigenvalue weighted by Gasteiger charge is -2.16. The van der Waals surface area contributed by atoms with Gasteiger partial charge in [0.1, 0.15) is 12.4 Å². The van der Waals surface area contributed by atoms with E-state index in [0.29, 0.717) is 6.61 Å². The van der Waals surface area contributed by atoms with Crippen LogP contribution >= 0.6 is 36.4 Å². The van der Waals surface area contributed by atoms with Crippen LogP contribution in [0.25, 0.3) is 10.8 Å². The molecule has 0 aliphatic rings. The van der Waals surface area contributed by atoms with Crippen LogP contribution in [0.4, 0.5) is 0 Å². The Morgan fingerprint density at radius 1 is 0.929 bits per heavy atom. The molecule has 6 heteroatoms. The molecule has 0 saturated heterocycles. The Balaban J connectivity index is 0.00000196. The van der Waals surface area contributed by atoms with E-state index in [4.69, 9.17) is 16.3 Å². The van der Waals surface area contributed by atoms with E-state index in [2.05, 4.69) is 60.7 Å². The molecule has 3 nitrogen and oxygen atoms in total. The van der Waals surface area contributed by atoms with E-state index in [0.717, 1.165) is 36.0 Å². The van der Waals surface area contributed by atoms with Crippen molar-refractivity contribution in [3.8, 4) is 5.75 Å². The Kier molecular flexibility index (Phi) is 10.7.